The Bertz CT molecular complexity index is 1330. The number of aryl methyl sites for hydroxylation is 1. The number of pyridine rings is 1. The van der Waals surface area contributed by atoms with Gasteiger partial charge in [0.25, 0.3) is 0 Å². The van der Waals surface area contributed by atoms with E-state index in [0.717, 1.165) is 66.8 Å². The summed E-state index contributed by atoms with van der Waals surface area (Å²) < 4.78 is 24.5. The molecule has 0 amide bonds. The first-order valence-electron chi connectivity index (χ1n) is 12.3. The molecule has 0 spiro atoms. The lowest BCUT2D eigenvalue weighted by atomic mass is 10.0. The van der Waals surface area contributed by atoms with E-state index in [4.69, 9.17) is 18.9 Å². The molecule has 0 bridgehead atoms. The van der Waals surface area contributed by atoms with Crippen molar-refractivity contribution in [3.8, 4) is 45.7 Å². The van der Waals surface area contributed by atoms with E-state index in [-0.39, 0.29) is 0 Å². The van der Waals surface area contributed by atoms with Crippen molar-refractivity contribution in [3.63, 3.8) is 0 Å². The van der Waals surface area contributed by atoms with Crippen molar-refractivity contribution in [2.24, 2.45) is 0 Å². The molecule has 0 unspecified atom stereocenters. The highest BCUT2D eigenvalue weighted by atomic mass is 16.5. The van der Waals surface area contributed by atoms with Crippen LogP contribution in [0.4, 0.5) is 0 Å². The Kier molecular flexibility index (Phi) is 7.62. The van der Waals surface area contributed by atoms with Gasteiger partial charge in [-0.2, -0.15) is 4.98 Å². The largest absolute Gasteiger partial charge is 0.496 e. The molecule has 9 nitrogen and oxygen atoms in total. The summed E-state index contributed by atoms with van der Waals surface area (Å²) in [4.78, 5) is 6.92. The average Bonchev–Trinajstić information content (AvgIpc) is 3.34. The van der Waals surface area contributed by atoms with Crippen LogP contribution >= 0.6 is 0 Å². The molecule has 37 heavy (non-hydrogen) atoms. The summed E-state index contributed by atoms with van der Waals surface area (Å²) >= 11 is 0. The highest BCUT2D eigenvalue weighted by Crippen LogP contribution is 2.33. The third kappa shape index (κ3) is 5.42. The summed E-state index contributed by atoms with van der Waals surface area (Å²) in [7, 11) is 3.28. The number of aromatic nitrogens is 4. The molecule has 5 rings (SSSR count). The van der Waals surface area contributed by atoms with E-state index in [2.05, 4.69) is 32.2 Å². The molecule has 3 heterocycles. The number of morpholine rings is 1. The molecule has 2 aromatic heterocycles. The number of para-hydroxylation sites is 1. The summed E-state index contributed by atoms with van der Waals surface area (Å²) in [6, 6.07) is 19.9. The van der Waals surface area contributed by atoms with Crippen LogP contribution < -0.4 is 14.2 Å². The van der Waals surface area contributed by atoms with Gasteiger partial charge in [0.1, 0.15) is 23.9 Å². The fraction of sp³-hybridized carbons (Fsp3) is 0.321. The number of benzene rings is 2. The maximum absolute atomic E-state index is 6.19. The van der Waals surface area contributed by atoms with E-state index in [0.29, 0.717) is 24.2 Å². The lowest BCUT2D eigenvalue weighted by Crippen LogP contribution is -2.38. The van der Waals surface area contributed by atoms with Crippen molar-refractivity contribution in [1.29, 1.82) is 0 Å². The third-order valence-electron chi connectivity index (χ3n) is 6.40. The van der Waals surface area contributed by atoms with Crippen molar-refractivity contribution in [3.05, 3.63) is 66.5 Å². The second kappa shape index (κ2) is 11.4. The lowest BCUT2D eigenvalue weighted by Gasteiger charge is -2.26. The van der Waals surface area contributed by atoms with Crippen molar-refractivity contribution in [2.75, 3.05) is 53.7 Å². The first kappa shape index (κ1) is 24.7. The first-order chi connectivity index (χ1) is 18.2. The van der Waals surface area contributed by atoms with E-state index < -0.39 is 0 Å². The van der Waals surface area contributed by atoms with Gasteiger partial charge in [0.15, 0.2) is 5.82 Å². The molecule has 1 saturated heterocycles. The molecule has 0 N–H and O–H groups in total. The molecule has 9 heteroatoms. The van der Waals surface area contributed by atoms with Gasteiger partial charge in [0, 0.05) is 36.8 Å². The van der Waals surface area contributed by atoms with Crippen LogP contribution in [0.1, 0.15) is 5.82 Å². The van der Waals surface area contributed by atoms with Gasteiger partial charge < -0.3 is 18.9 Å². The minimum atomic E-state index is 0.474. The molecule has 1 aliphatic rings. The monoisotopic (exact) mass is 501 g/mol. The average molecular weight is 502 g/mol. The van der Waals surface area contributed by atoms with E-state index in [1.165, 1.54) is 0 Å². The van der Waals surface area contributed by atoms with E-state index in [1.54, 1.807) is 14.2 Å². The quantitative estimate of drug-likeness (QED) is 0.340. The van der Waals surface area contributed by atoms with Gasteiger partial charge >= 0.3 is 0 Å². The molecule has 0 aliphatic carbocycles. The van der Waals surface area contributed by atoms with Gasteiger partial charge in [-0.25, -0.2) is 0 Å². The molecular weight excluding hydrogens is 470 g/mol. The second-order valence-corrected chi connectivity index (χ2v) is 8.66. The van der Waals surface area contributed by atoms with Crippen LogP contribution in [0.5, 0.6) is 17.5 Å². The van der Waals surface area contributed by atoms with E-state index in [1.807, 2.05) is 60.0 Å². The molecule has 192 valence electrons. The standard InChI is InChI=1S/C28H31N5O4/c1-20-30-31-27(22-10-8-21(9-11-22)23-6-4-5-7-25(23)34-2)33(20)24-12-13-26(35-3)29-28(24)37-19-16-32-14-17-36-18-15-32/h4-13H,14-19H2,1-3H3. The Hall–Kier alpha value is -3.95. The summed E-state index contributed by atoms with van der Waals surface area (Å²) in [6.07, 6.45) is 0. The predicted molar refractivity (Wildman–Crippen MR) is 141 cm³/mol. The van der Waals surface area contributed by atoms with E-state index >= 15 is 0 Å². The summed E-state index contributed by atoms with van der Waals surface area (Å²) in [5.41, 5.74) is 3.77. The minimum absolute atomic E-state index is 0.474. The van der Waals surface area contributed by atoms with Crippen molar-refractivity contribution in [2.45, 2.75) is 6.92 Å². The van der Waals surface area contributed by atoms with Gasteiger partial charge in [0.2, 0.25) is 11.8 Å². The number of methoxy groups -OCH3 is 2. The highest BCUT2D eigenvalue weighted by Gasteiger charge is 2.19. The van der Waals surface area contributed by atoms with Gasteiger partial charge in [-0.15, -0.1) is 10.2 Å². The van der Waals surface area contributed by atoms with Gasteiger partial charge in [-0.05, 0) is 24.6 Å². The number of hydrogen-bond donors (Lipinski definition) is 0. The number of rotatable bonds is 9. The van der Waals surface area contributed by atoms with Gasteiger partial charge in [-0.1, -0.05) is 42.5 Å². The van der Waals surface area contributed by atoms with Crippen LogP contribution in [0.2, 0.25) is 0 Å². The topological polar surface area (TPSA) is 83.8 Å². The fourth-order valence-corrected chi connectivity index (χ4v) is 4.42. The smallest absolute Gasteiger partial charge is 0.241 e. The number of nitrogens with zero attached hydrogens (tertiary/aromatic N) is 5. The van der Waals surface area contributed by atoms with Crippen molar-refractivity contribution in [1.82, 2.24) is 24.6 Å². The zero-order valence-electron chi connectivity index (χ0n) is 21.4. The lowest BCUT2D eigenvalue weighted by molar-refractivity contribution is 0.0319. The first-order valence-corrected chi connectivity index (χ1v) is 12.3. The highest BCUT2D eigenvalue weighted by molar-refractivity contribution is 5.73. The molecule has 1 aliphatic heterocycles. The van der Waals surface area contributed by atoms with Crippen molar-refractivity contribution >= 4 is 0 Å². The Morgan fingerprint density at radius 1 is 0.865 bits per heavy atom. The molecule has 0 atom stereocenters. The second-order valence-electron chi connectivity index (χ2n) is 8.66. The Morgan fingerprint density at radius 2 is 1.62 bits per heavy atom. The normalized spacial score (nSPS) is 13.9. The van der Waals surface area contributed by atoms with Crippen LogP contribution in [0.25, 0.3) is 28.2 Å². The zero-order valence-corrected chi connectivity index (χ0v) is 21.4. The number of hydrogen-bond acceptors (Lipinski definition) is 8. The Balaban J connectivity index is 1.44. The molecule has 4 aromatic rings. The van der Waals surface area contributed by atoms with Crippen LogP contribution in [0, 0.1) is 6.92 Å². The molecule has 0 radical (unpaired) electrons. The molecule has 0 saturated carbocycles. The fourth-order valence-electron chi connectivity index (χ4n) is 4.42. The molecular formula is C28H31N5O4. The van der Waals surface area contributed by atoms with E-state index in [9.17, 15) is 0 Å². The predicted octanol–water partition coefficient (Wildman–Crippen LogP) is 4.03. The summed E-state index contributed by atoms with van der Waals surface area (Å²) in [6.45, 7) is 6.52. The maximum atomic E-state index is 6.19. The summed E-state index contributed by atoms with van der Waals surface area (Å²) in [5.74, 6) is 3.22. The van der Waals surface area contributed by atoms with Gasteiger partial charge in [-0.3, -0.25) is 9.47 Å². The SMILES string of the molecule is COc1ccc(-n2c(C)nnc2-c2ccc(-c3ccccc3OC)cc2)c(OCCN2CCOCC2)n1. The Labute approximate surface area is 216 Å². The third-order valence-corrected chi connectivity index (χ3v) is 6.40. The minimum Gasteiger partial charge on any atom is -0.496 e. The molecule has 2 aromatic carbocycles. The van der Waals surface area contributed by atoms with Crippen LogP contribution in [-0.4, -0.2) is 78.3 Å². The summed E-state index contributed by atoms with van der Waals surface area (Å²) in [5, 5.41) is 8.86. The number of ether oxygens (including phenoxy) is 4. The van der Waals surface area contributed by atoms with Crippen LogP contribution in [0.15, 0.2) is 60.7 Å². The van der Waals surface area contributed by atoms with Crippen molar-refractivity contribution < 1.29 is 18.9 Å². The van der Waals surface area contributed by atoms with Gasteiger partial charge in [0.05, 0.1) is 27.4 Å². The van der Waals surface area contributed by atoms with Crippen LogP contribution in [0.3, 0.4) is 0 Å². The Morgan fingerprint density at radius 3 is 2.38 bits per heavy atom. The van der Waals surface area contributed by atoms with Crippen LogP contribution in [-0.2, 0) is 4.74 Å². The molecule has 1 fully saturated rings. The maximum Gasteiger partial charge on any atom is 0.241 e. The zero-order chi connectivity index (χ0) is 25.6.